The molecule has 4 rings (SSSR count). The second kappa shape index (κ2) is 7.74. The van der Waals surface area contributed by atoms with Crippen LogP contribution >= 0.6 is 0 Å². The third kappa shape index (κ3) is 3.86. The van der Waals surface area contributed by atoms with Crippen LogP contribution in [0.1, 0.15) is 46.9 Å². The fraction of sp³-hybridized carbons (Fsp3) is 0.526. The van der Waals surface area contributed by atoms with E-state index >= 15 is 0 Å². The number of aromatic nitrogens is 2. The smallest absolute Gasteiger partial charge is 0.253 e. The van der Waals surface area contributed by atoms with Crippen LogP contribution in [0.2, 0.25) is 0 Å². The van der Waals surface area contributed by atoms with Gasteiger partial charge in [-0.3, -0.25) is 9.69 Å². The molecule has 2 aliphatic rings. The van der Waals surface area contributed by atoms with Gasteiger partial charge in [0.1, 0.15) is 5.82 Å². The Morgan fingerprint density at radius 1 is 1.30 bits per heavy atom. The Bertz CT molecular complexity index is 794. The van der Waals surface area contributed by atoms with E-state index in [1.54, 1.807) is 4.90 Å². The lowest BCUT2D eigenvalue weighted by Crippen LogP contribution is -2.44. The normalized spacial score (nSPS) is 24.1. The van der Waals surface area contributed by atoms with Gasteiger partial charge in [0.25, 0.3) is 5.91 Å². The molecule has 2 aliphatic heterocycles. The summed E-state index contributed by atoms with van der Waals surface area (Å²) in [5.74, 6) is 0.896. The van der Waals surface area contributed by atoms with Gasteiger partial charge in [0.2, 0.25) is 5.89 Å². The number of hydrogen-bond donors (Lipinski definition) is 1. The van der Waals surface area contributed by atoms with Crippen LogP contribution in [0, 0.1) is 5.82 Å². The predicted octanol–water partition coefficient (Wildman–Crippen LogP) is 1.80. The molecule has 2 unspecified atom stereocenters. The van der Waals surface area contributed by atoms with Crippen molar-refractivity contribution in [1.82, 2.24) is 25.3 Å². The minimum atomic E-state index is -0.344. The summed E-state index contributed by atoms with van der Waals surface area (Å²) >= 11 is 0. The van der Waals surface area contributed by atoms with E-state index in [0.29, 0.717) is 30.4 Å². The first-order valence-corrected chi connectivity index (χ1v) is 9.41. The maximum absolute atomic E-state index is 13.1. The number of carbonyl (C=O) groups excluding carboxylic acids is 1. The predicted molar refractivity (Wildman–Crippen MR) is 96.8 cm³/mol. The minimum absolute atomic E-state index is 0.0336. The van der Waals surface area contributed by atoms with Gasteiger partial charge < -0.3 is 14.7 Å². The van der Waals surface area contributed by atoms with E-state index in [1.165, 1.54) is 24.3 Å². The van der Waals surface area contributed by atoms with Gasteiger partial charge in [-0.25, -0.2) is 4.39 Å². The van der Waals surface area contributed by atoms with Crippen LogP contribution in [0.4, 0.5) is 4.39 Å². The molecule has 0 saturated carbocycles. The summed E-state index contributed by atoms with van der Waals surface area (Å²) in [6.07, 6.45) is 1.79. The average Bonchev–Trinajstić information content (AvgIpc) is 3.18. The summed E-state index contributed by atoms with van der Waals surface area (Å²) in [4.78, 5) is 21.4. The molecule has 1 aromatic heterocycles. The quantitative estimate of drug-likeness (QED) is 0.884. The minimum Gasteiger partial charge on any atom is -0.339 e. The third-order valence-electron chi connectivity index (χ3n) is 5.42. The van der Waals surface area contributed by atoms with Gasteiger partial charge in [0, 0.05) is 38.3 Å². The van der Waals surface area contributed by atoms with Gasteiger partial charge in [0.05, 0.1) is 12.0 Å². The van der Waals surface area contributed by atoms with Gasteiger partial charge in [-0.2, -0.15) is 4.98 Å². The van der Waals surface area contributed by atoms with Crippen molar-refractivity contribution in [3.05, 3.63) is 47.4 Å². The van der Waals surface area contributed by atoms with E-state index in [1.807, 2.05) is 0 Å². The fourth-order valence-corrected chi connectivity index (χ4v) is 3.78. The van der Waals surface area contributed by atoms with Crippen molar-refractivity contribution in [2.45, 2.75) is 24.8 Å². The Morgan fingerprint density at radius 2 is 2.11 bits per heavy atom. The lowest BCUT2D eigenvalue weighted by atomic mass is 9.97. The number of likely N-dealkylation sites (tertiary alicyclic amines) is 1. The molecule has 0 spiro atoms. The van der Waals surface area contributed by atoms with Crippen LogP contribution in [0.25, 0.3) is 0 Å². The molecule has 144 valence electrons. The molecular formula is C19H24FN5O2. The van der Waals surface area contributed by atoms with Crippen LogP contribution < -0.4 is 5.32 Å². The Morgan fingerprint density at radius 3 is 2.89 bits per heavy atom. The first-order valence-electron chi connectivity index (χ1n) is 9.41. The summed E-state index contributed by atoms with van der Waals surface area (Å²) in [5.41, 5.74) is 0.498. The molecule has 7 nitrogen and oxygen atoms in total. The zero-order valence-corrected chi connectivity index (χ0v) is 15.4. The molecule has 1 aromatic carbocycles. The third-order valence-corrected chi connectivity index (χ3v) is 5.42. The molecule has 1 amide bonds. The number of carbonyl (C=O) groups is 1. The Labute approximate surface area is 157 Å². The van der Waals surface area contributed by atoms with E-state index in [-0.39, 0.29) is 23.7 Å². The molecule has 3 heterocycles. The largest absolute Gasteiger partial charge is 0.339 e. The molecule has 0 radical (unpaired) electrons. The van der Waals surface area contributed by atoms with Crippen molar-refractivity contribution >= 4 is 5.91 Å². The second-order valence-corrected chi connectivity index (χ2v) is 7.29. The number of hydrogen-bond acceptors (Lipinski definition) is 6. The van der Waals surface area contributed by atoms with E-state index in [0.717, 1.165) is 32.5 Å². The van der Waals surface area contributed by atoms with Crippen molar-refractivity contribution in [2.24, 2.45) is 0 Å². The monoisotopic (exact) mass is 373 g/mol. The van der Waals surface area contributed by atoms with Crippen LogP contribution in [-0.4, -0.2) is 65.6 Å². The topological polar surface area (TPSA) is 74.5 Å². The summed E-state index contributed by atoms with van der Waals surface area (Å²) < 4.78 is 18.7. The molecule has 2 saturated heterocycles. The van der Waals surface area contributed by atoms with Gasteiger partial charge in [-0.05, 0) is 44.2 Å². The molecule has 2 fully saturated rings. The highest BCUT2D eigenvalue weighted by atomic mass is 19.1. The maximum Gasteiger partial charge on any atom is 0.253 e. The van der Waals surface area contributed by atoms with E-state index < -0.39 is 0 Å². The molecular weight excluding hydrogens is 349 g/mol. The van der Waals surface area contributed by atoms with Gasteiger partial charge in [-0.1, -0.05) is 5.16 Å². The number of amides is 1. The zero-order valence-electron chi connectivity index (χ0n) is 15.4. The van der Waals surface area contributed by atoms with Crippen molar-refractivity contribution in [2.75, 3.05) is 39.8 Å². The van der Waals surface area contributed by atoms with Gasteiger partial charge in [-0.15, -0.1) is 0 Å². The standard InChI is InChI=1S/C19H24FN5O2/c1-24-10-8-21-11-16(24)17-22-18(27-23-17)14-3-2-9-25(12-14)19(26)13-4-6-15(20)7-5-13/h4-7,14,16,21H,2-3,8-12H2,1H3. The lowest BCUT2D eigenvalue weighted by molar-refractivity contribution is 0.0695. The molecule has 0 bridgehead atoms. The average molecular weight is 373 g/mol. The van der Waals surface area contributed by atoms with Gasteiger partial charge >= 0.3 is 0 Å². The highest BCUT2D eigenvalue weighted by Gasteiger charge is 2.31. The highest BCUT2D eigenvalue weighted by Crippen LogP contribution is 2.28. The van der Waals surface area contributed by atoms with Crippen molar-refractivity contribution in [3.63, 3.8) is 0 Å². The molecule has 2 aromatic rings. The van der Waals surface area contributed by atoms with Gasteiger partial charge in [0.15, 0.2) is 5.82 Å². The molecule has 8 heteroatoms. The summed E-state index contributed by atoms with van der Waals surface area (Å²) in [7, 11) is 2.06. The molecule has 1 N–H and O–H groups in total. The van der Waals surface area contributed by atoms with Crippen LogP contribution in [-0.2, 0) is 0 Å². The number of halogens is 1. The van der Waals surface area contributed by atoms with E-state index in [4.69, 9.17) is 4.52 Å². The number of piperazine rings is 1. The molecule has 27 heavy (non-hydrogen) atoms. The molecule has 2 atom stereocenters. The SMILES string of the molecule is CN1CCNCC1c1noc(C2CCCN(C(=O)c3ccc(F)cc3)C2)n1. The Kier molecular flexibility index (Phi) is 5.18. The number of nitrogens with one attached hydrogen (secondary N) is 1. The summed E-state index contributed by atoms with van der Waals surface area (Å²) in [6, 6.07) is 5.79. The maximum atomic E-state index is 13.1. The van der Waals surface area contributed by atoms with E-state index in [9.17, 15) is 9.18 Å². The number of piperidine rings is 1. The van der Waals surface area contributed by atoms with E-state index in [2.05, 4.69) is 27.4 Å². The first kappa shape index (κ1) is 18.1. The Hall–Kier alpha value is -2.32. The highest BCUT2D eigenvalue weighted by molar-refractivity contribution is 5.94. The number of likely N-dealkylation sites (N-methyl/N-ethyl adjacent to an activating group) is 1. The van der Waals surface area contributed by atoms with Crippen molar-refractivity contribution in [1.29, 1.82) is 0 Å². The number of rotatable bonds is 3. The van der Waals surface area contributed by atoms with Crippen molar-refractivity contribution < 1.29 is 13.7 Å². The summed E-state index contributed by atoms with van der Waals surface area (Å²) in [5, 5.41) is 7.54. The first-order chi connectivity index (χ1) is 13.1. The Balaban J connectivity index is 1.45. The number of nitrogens with zero attached hydrogens (tertiary/aromatic N) is 4. The molecule has 0 aliphatic carbocycles. The van der Waals surface area contributed by atoms with Crippen LogP contribution in [0.15, 0.2) is 28.8 Å². The number of benzene rings is 1. The summed E-state index contributed by atoms with van der Waals surface area (Å²) in [6.45, 7) is 3.92. The van der Waals surface area contributed by atoms with Crippen LogP contribution in [0.5, 0.6) is 0 Å². The zero-order chi connectivity index (χ0) is 18.8. The van der Waals surface area contributed by atoms with Crippen LogP contribution in [0.3, 0.4) is 0 Å². The second-order valence-electron chi connectivity index (χ2n) is 7.29. The fourth-order valence-electron chi connectivity index (χ4n) is 3.78. The lowest BCUT2D eigenvalue weighted by Gasteiger charge is -2.31. The van der Waals surface area contributed by atoms with Crippen molar-refractivity contribution in [3.8, 4) is 0 Å².